The molecule has 0 unspecified atom stereocenters. The number of nitrogens with zero attached hydrogens (tertiary/aromatic N) is 3. The SMILES string of the molecule is CSc1ccc(-c2cc(-c3ccccc3[N+](=O)[O-])nc(N)c2C#N)cc1. The summed E-state index contributed by atoms with van der Waals surface area (Å²) >= 11 is 1.61. The van der Waals surface area contributed by atoms with Gasteiger partial charge >= 0.3 is 0 Å². The van der Waals surface area contributed by atoms with Crippen LogP contribution in [0.25, 0.3) is 22.4 Å². The van der Waals surface area contributed by atoms with Crippen molar-refractivity contribution in [3.05, 3.63) is 70.3 Å². The Balaban J connectivity index is 2.23. The standard InChI is InChI=1S/C19H14N4O2S/c1-26-13-8-6-12(7-9-13)15-10-17(22-19(21)16(15)11-20)14-4-2-3-5-18(14)23(24)25/h2-10H,1H3,(H2,21,22). The molecule has 0 aliphatic carbocycles. The first kappa shape index (κ1) is 17.5. The lowest BCUT2D eigenvalue weighted by Gasteiger charge is -2.11. The van der Waals surface area contributed by atoms with Crippen molar-refractivity contribution in [1.82, 2.24) is 4.98 Å². The third-order valence-corrected chi connectivity index (χ3v) is 4.68. The van der Waals surface area contributed by atoms with Crippen LogP contribution in [0.5, 0.6) is 0 Å². The minimum Gasteiger partial charge on any atom is -0.383 e. The Morgan fingerprint density at radius 1 is 1.15 bits per heavy atom. The highest BCUT2D eigenvalue weighted by molar-refractivity contribution is 7.98. The molecule has 0 saturated heterocycles. The highest BCUT2D eigenvalue weighted by Crippen LogP contribution is 2.35. The van der Waals surface area contributed by atoms with E-state index in [1.54, 1.807) is 36.0 Å². The monoisotopic (exact) mass is 362 g/mol. The molecule has 1 aromatic heterocycles. The Morgan fingerprint density at radius 3 is 2.46 bits per heavy atom. The smallest absolute Gasteiger partial charge is 0.278 e. The van der Waals surface area contributed by atoms with E-state index in [9.17, 15) is 15.4 Å². The van der Waals surface area contributed by atoms with E-state index in [-0.39, 0.29) is 17.1 Å². The summed E-state index contributed by atoms with van der Waals surface area (Å²) in [7, 11) is 0. The van der Waals surface area contributed by atoms with Crippen molar-refractivity contribution >= 4 is 23.3 Å². The predicted molar refractivity (Wildman–Crippen MR) is 103 cm³/mol. The number of nitriles is 1. The van der Waals surface area contributed by atoms with Crippen molar-refractivity contribution in [2.24, 2.45) is 0 Å². The molecule has 0 aliphatic heterocycles. The third-order valence-electron chi connectivity index (χ3n) is 3.94. The predicted octanol–water partition coefficient (Wildman–Crippen LogP) is 4.50. The molecule has 7 heteroatoms. The Bertz CT molecular complexity index is 1030. The lowest BCUT2D eigenvalue weighted by Crippen LogP contribution is -2.01. The van der Waals surface area contributed by atoms with Gasteiger partial charge in [0.05, 0.1) is 16.2 Å². The van der Waals surface area contributed by atoms with Gasteiger partial charge in [-0.25, -0.2) is 4.98 Å². The second kappa shape index (κ2) is 7.25. The normalized spacial score (nSPS) is 10.3. The summed E-state index contributed by atoms with van der Waals surface area (Å²) in [6.45, 7) is 0. The maximum Gasteiger partial charge on any atom is 0.278 e. The molecule has 26 heavy (non-hydrogen) atoms. The van der Waals surface area contributed by atoms with Gasteiger partial charge in [0.25, 0.3) is 5.69 Å². The zero-order valence-electron chi connectivity index (χ0n) is 13.8. The highest BCUT2D eigenvalue weighted by atomic mass is 32.2. The van der Waals surface area contributed by atoms with Gasteiger partial charge < -0.3 is 5.73 Å². The van der Waals surface area contributed by atoms with E-state index in [2.05, 4.69) is 11.1 Å². The second-order valence-electron chi connectivity index (χ2n) is 5.43. The van der Waals surface area contributed by atoms with Crippen molar-refractivity contribution in [3.8, 4) is 28.5 Å². The van der Waals surface area contributed by atoms with Crippen LogP contribution in [-0.2, 0) is 0 Å². The van der Waals surface area contributed by atoms with E-state index >= 15 is 0 Å². The molecular weight excluding hydrogens is 348 g/mol. The van der Waals surface area contributed by atoms with Crippen molar-refractivity contribution in [3.63, 3.8) is 0 Å². The molecule has 0 aliphatic rings. The maximum absolute atomic E-state index is 11.3. The van der Waals surface area contributed by atoms with E-state index in [0.717, 1.165) is 10.5 Å². The number of thioether (sulfide) groups is 1. The molecule has 0 atom stereocenters. The van der Waals surface area contributed by atoms with Crippen LogP contribution in [0.15, 0.2) is 59.5 Å². The summed E-state index contributed by atoms with van der Waals surface area (Å²) in [4.78, 5) is 16.2. The van der Waals surface area contributed by atoms with Gasteiger partial charge in [0, 0.05) is 16.5 Å². The van der Waals surface area contributed by atoms with Crippen LogP contribution in [0.3, 0.4) is 0 Å². The van der Waals surface area contributed by atoms with Crippen molar-refractivity contribution in [1.29, 1.82) is 5.26 Å². The van der Waals surface area contributed by atoms with Crippen LogP contribution in [0.1, 0.15) is 5.56 Å². The third kappa shape index (κ3) is 3.23. The maximum atomic E-state index is 11.3. The molecule has 3 rings (SSSR count). The first-order valence-corrected chi connectivity index (χ1v) is 8.86. The van der Waals surface area contributed by atoms with E-state index in [0.29, 0.717) is 16.8 Å². The number of nitro benzene ring substituents is 1. The first-order valence-electron chi connectivity index (χ1n) is 7.64. The summed E-state index contributed by atoms with van der Waals surface area (Å²) in [5.41, 5.74) is 8.29. The van der Waals surface area contributed by atoms with Gasteiger partial charge in [0.1, 0.15) is 17.5 Å². The number of pyridine rings is 1. The average Bonchev–Trinajstić information content (AvgIpc) is 2.67. The van der Waals surface area contributed by atoms with Gasteiger partial charge in [-0.3, -0.25) is 10.1 Å². The first-order chi connectivity index (χ1) is 12.5. The van der Waals surface area contributed by atoms with Gasteiger partial charge in [0.15, 0.2) is 0 Å². The largest absolute Gasteiger partial charge is 0.383 e. The zero-order chi connectivity index (χ0) is 18.7. The fourth-order valence-electron chi connectivity index (χ4n) is 2.67. The van der Waals surface area contributed by atoms with Gasteiger partial charge in [-0.05, 0) is 36.1 Å². The van der Waals surface area contributed by atoms with Crippen LogP contribution >= 0.6 is 11.8 Å². The average molecular weight is 362 g/mol. The Kier molecular flexibility index (Phi) is 4.87. The number of para-hydroxylation sites is 1. The van der Waals surface area contributed by atoms with Crippen molar-refractivity contribution in [2.45, 2.75) is 4.90 Å². The lowest BCUT2D eigenvalue weighted by atomic mass is 9.98. The fourth-order valence-corrected chi connectivity index (χ4v) is 3.08. The molecule has 0 radical (unpaired) electrons. The zero-order valence-corrected chi connectivity index (χ0v) is 14.7. The number of nitrogen functional groups attached to an aromatic ring is 1. The van der Waals surface area contributed by atoms with Gasteiger partial charge in [0.2, 0.25) is 0 Å². The van der Waals surface area contributed by atoms with Crippen LogP contribution < -0.4 is 5.73 Å². The molecule has 1 heterocycles. The number of rotatable bonds is 4. The quantitative estimate of drug-likeness (QED) is 0.416. The number of nitro groups is 1. The fraction of sp³-hybridized carbons (Fsp3) is 0.0526. The number of anilines is 1. The van der Waals surface area contributed by atoms with Crippen LogP contribution in [0, 0.1) is 21.4 Å². The highest BCUT2D eigenvalue weighted by Gasteiger charge is 2.19. The van der Waals surface area contributed by atoms with E-state index in [4.69, 9.17) is 5.73 Å². The summed E-state index contributed by atoms with van der Waals surface area (Å²) in [6, 6.07) is 17.8. The molecule has 0 saturated carbocycles. The Hall–Kier alpha value is -3.37. The number of hydrogen-bond donors (Lipinski definition) is 1. The molecule has 0 fully saturated rings. The van der Waals surface area contributed by atoms with Crippen LogP contribution in [-0.4, -0.2) is 16.2 Å². The Labute approximate surface area is 154 Å². The molecule has 0 bridgehead atoms. The summed E-state index contributed by atoms with van der Waals surface area (Å²) in [5.74, 6) is 0.0482. The van der Waals surface area contributed by atoms with Gasteiger partial charge in [-0.15, -0.1) is 11.8 Å². The summed E-state index contributed by atoms with van der Waals surface area (Å²) < 4.78 is 0. The molecule has 6 nitrogen and oxygen atoms in total. The summed E-state index contributed by atoms with van der Waals surface area (Å²) in [6.07, 6.45) is 1.98. The van der Waals surface area contributed by atoms with E-state index < -0.39 is 4.92 Å². The van der Waals surface area contributed by atoms with Crippen LogP contribution in [0.4, 0.5) is 11.5 Å². The van der Waals surface area contributed by atoms with Gasteiger partial charge in [-0.2, -0.15) is 5.26 Å². The van der Waals surface area contributed by atoms with E-state index in [1.165, 1.54) is 6.07 Å². The van der Waals surface area contributed by atoms with E-state index in [1.807, 2.05) is 30.5 Å². The minimum atomic E-state index is -0.460. The summed E-state index contributed by atoms with van der Waals surface area (Å²) in [5, 5.41) is 20.8. The number of benzene rings is 2. The van der Waals surface area contributed by atoms with Crippen molar-refractivity contribution in [2.75, 3.05) is 12.0 Å². The second-order valence-corrected chi connectivity index (χ2v) is 6.31. The Morgan fingerprint density at radius 2 is 1.85 bits per heavy atom. The van der Waals surface area contributed by atoms with Gasteiger partial charge in [-0.1, -0.05) is 24.3 Å². The lowest BCUT2D eigenvalue weighted by molar-refractivity contribution is -0.384. The van der Waals surface area contributed by atoms with Crippen molar-refractivity contribution < 1.29 is 4.92 Å². The molecule has 2 N–H and O–H groups in total. The number of aromatic nitrogens is 1. The topological polar surface area (TPSA) is 106 Å². The number of hydrogen-bond acceptors (Lipinski definition) is 6. The molecule has 128 valence electrons. The molecule has 3 aromatic rings. The molecule has 0 amide bonds. The molecule has 2 aromatic carbocycles. The van der Waals surface area contributed by atoms with Crippen LogP contribution in [0.2, 0.25) is 0 Å². The molecular formula is C19H14N4O2S. The number of nitrogens with two attached hydrogens (primary N) is 1. The molecule has 0 spiro atoms. The minimum absolute atomic E-state index is 0.0482.